The number of rotatable bonds is 31. The SMILES string of the molecule is Cc1c(-c2ccc(N3CCc4cccc(C(=O)Nc5nc6ccccc6s5)c4C3)nc2C(=O)O)cnn1CC12CC3(C)CC(C)(C1)CC(OCCN(C)C(=O)OCc1ccc(NC(=O)[C@H](C)NC(=O)[C@@H](NC(=O)CN4C(=O)[C@@H](N5C(=O)C=CC5=O)C[C@H]4COCCS(=O)(=O)O)C(C)C)cc1CC[C@@H]1O[C@H](C(=O)O)[C@@H](O)[C@H](O)[C@H]1O)(C3)C2. The molecule has 8 amide bonds. The summed E-state index contributed by atoms with van der Waals surface area (Å²) in [7, 11) is -2.85. The minimum Gasteiger partial charge on any atom is -0.479 e. The largest absolute Gasteiger partial charge is 0.479 e. The zero-order valence-electron chi connectivity index (χ0n) is 65.2. The highest BCUT2D eigenvalue weighted by atomic mass is 32.2. The number of hydrogen-bond donors (Lipinski definition) is 10. The summed E-state index contributed by atoms with van der Waals surface area (Å²) in [6.07, 6.45) is -0.401. The Morgan fingerprint density at radius 2 is 1.54 bits per heavy atom. The van der Waals surface area contributed by atoms with Gasteiger partial charge in [-0.1, -0.05) is 69.4 Å². The monoisotopic (exact) mass is 1640 g/mol. The molecular weight excluding hydrogens is 1550 g/mol. The first-order valence-corrected chi connectivity index (χ1v) is 41.0. The number of fused-ring (bicyclic) bond motifs is 2. The summed E-state index contributed by atoms with van der Waals surface area (Å²) in [5, 5.41) is 69.0. The second kappa shape index (κ2) is 33.4. The molecule has 4 bridgehead atoms. The predicted octanol–water partition coefficient (Wildman–Crippen LogP) is 5.03. The Morgan fingerprint density at radius 3 is 2.24 bits per heavy atom. The number of nitrogens with one attached hydrogen (secondary N) is 4. The number of likely N-dealkylation sites (tertiary alicyclic amines) is 1. The van der Waals surface area contributed by atoms with Crippen molar-refractivity contribution in [3.63, 3.8) is 0 Å². The van der Waals surface area contributed by atoms with Crippen LogP contribution in [0, 0.1) is 29.1 Å². The average Bonchev–Trinajstić information content (AvgIpc) is 0.746. The summed E-state index contributed by atoms with van der Waals surface area (Å²) in [6, 6.07) is 16.6. The molecule has 0 spiro atoms. The highest BCUT2D eigenvalue weighted by Gasteiger charge is 2.66. The number of anilines is 3. The molecule has 36 heteroatoms. The van der Waals surface area contributed by atoms with Gasteiger partial charge in [0.1, 0.15) is 48.9 Å². The zero-order valence-corrected chi connectivity index (χ0v) is 66.8. The fraction of sp³-hybridized carbons (Fsp3) is 0.512. The van der Waals surface area contributed by atoms with E-state index < -0.39 is 149 Å². The van der Waals surface area contributed by atoms with E-state index in [2.05, 4.69) is 40.1 Å². The number of aliphatic hydroxyl groups is 3. The number of aryl methyl sites for hydroxylation is 1. The van der Waals surface area contributed by atoms with Crippen LogP contribution in [0.15, 0.2) is 91.1 Å². The van der Waals surface area contributed by atoms with Crippen molar-refractivity contribution in [1.82, 2.24) is 45.1 Å². The van der Waals surface area contributed by atoms with E-state index in [-0.39, 0.29) is 79.2 Å². The third-order valence-corrected chi connectivity index (χ3v) is 25.0. The van der Waals surface area contributed by atoms with Crippen molar-refractivity contribution in [1.29, 1.82) is 0 Å². The molecule has 3 aromatic heterocycles. The van der Waals surface area contributed by atoms with Crippen molar-refractivity contribution in [2.75, 3.05) is 67.8 Å². The Bertz CT molecular complexity index is 4960. The van der Waals surface area contributed by atoms with Gasteiger partial charge in [-0.2, -0.15) is 13.5 Å². The molecule has 0 radical (unpaired) electrons. The third kappa shape index (κ3) is 18.2. The van der Waals surface area contributed by atoms with Crippen molar-refractivity contribution in [3.8, 4) is 11.1 Å². The lowest BCUT2D eigenvalue weighted by Crippen LogP contribution is -2.64. The van der Waals surface area contributed by atoms with Gasteiger partial charge < -0.3 is 75.1 Å². The van der Waals surface area contributed by atoms with Gasteiger partial charge in [0.05, 0.1) is 66.3 Å². The number of benzene rings is 3. The minimum absolute atomic E-state index is 0.0359. The lowest BCUT2D eigenvalue weighted by Gasteiger charge is -2.69. The van der Waals surface area contributed by atoms with Gasteiger partial charge in [-0.25, -0.2) is 24.4 Å². The van der Waals surface area contributed by atoms with Crippen LogP contribution < -0.4 is 26.2 Å². The molecule has 11 atom stereocenters. The first kappa shape index (κ1) is 83.8. The molecule has 34 nitrogen and oxygen atoms in total. The van der Waals surface area contributed by atoms with Gasteiger partial charge in [0.15, 0.2) is 16.9 Å². The molecule has 10 N–H and O–H groups in total. The number of nitrogens with zero attached hydrogens (tertiary/aromatic N) is 8. The Kier molecular flexibility index (Phi) is 24.1. The van der Waals surface area contributed by atoms with Gasteiger partial charge in [0.25, 0.3) is 27.8 Å². The quantitative estimate of drug-likeness (QED) is 0.0155. The molecule has 3 aromatic carbocycles. The molecule has 6 aromatic rings. The number of carboxylic acids is 2. The number of thiazole rings is 1. The topological polar surface area (TPSA) is 468 Å². The number of ether oxygens (including phenoxy) is 4. The van der Waals surface area contributed by atoms with Crippen LogP contribution in [-0.2, 0) is 95.2 Å². The smallest absolute Gasteiger partial charge is 0.409 e. The fourth-order valence-corrected chi connectivity index (χ4v) is 20.2. The summed E-state index contributed by atoms with van der Waals surface area (Å²) in [4.78, 5) is 148. The number of aromatic nitrogens is 4. The number of para-hydroxylation sites is 1. The van der Waals surface area contributed by atoms with Crippen LogP contribution in [0.4, 0.5) is 21.4 Å². The Morgan fingerprint density at radius 1 is 0.810 bits per heavy atom. The molecule has 620 valence electrons. The maximum absolute atomic E-state index is 14.0. The number of pyridine rings is 1. The average molecular weight is 1640 g/mol. The third-order valence-electron chi connectivity index (χ3n) is 23.4. The van der Waals surface area contributed by atoms with E-state index in [0.29, 0.717) is 64.8 Å². The highest BCUT2D eigenvalue weighted by molar-refractivity contribution is 7.85. The van der Waals surface area contributed by atoms with Crippen molar-refractivity contribution in [2.45, 2.75) is 186 Å². The first-order valence-electron chi connectivity index (χ1n) is 38.5. The predicted molar refractivity (Wildman–Crippen MR) is 418 cm³/mol. The number of hydrogen-bond acceptors (Lipinski definition) is 24. The highest BCUT2D eigenvalue weighted by Crippen LogP contribution is 2.72. The molecule has 14 rings (SSSR count). The summed E-state index contributed by atoms with van der Waals surface area (Å²) in [5.41, 5.74) is 4.87. The van der Waals surface area contributed by atoms with E-state index in [9.17, 15) is 86.4 Å². The van der Waals surface area contributed by atoms with Crippen LogP contribution in [0.3, 0.4) is 0 Å². The number of aromatic carboxylic acids is 1. The maximum atomic E-state index is 14.0. The second-order valence-electron chi connectivity index (χ2n) is 33.0. The summed E-state index contributed by atoms with van der Waals surface area (Å²) in [6.45, 7) is 11.0. The van der Waals surface area contributed by atoms with Crippen LogP contribution in [0.1, 0.15) is 135 Å². The molecule has 2 saturated heterocycles. The summed E-state index contributed by atoms with van der Waals surface area (Å²) in [5.74, 6) is -8.73. The molecule has 8 aliphatic rings. The standard InChI is InChI=1S/C80H96N12O22S2/c1-43(2)63(86-60(93)33-90-50(35-111-27-28-116(108,109)110)30-56(72(90)102)92-61(94)21-22-62(92)95)71(101)82-44(3)69(99)83-49-17-15-48(47(29-49)16-19-57-65(96)66(97)67(98)68(114-57)74(105)106)34-112-76(107)88(7)25-26-113-80-39-77(5)36-78(6,40-80)38-79(37-77,41-80)42-91-45(4)53(31-81-91)51-18-20-59(85-64(51)73(103)104)89-24-23-46-11-10-12-52(54(46)32-89)70(100)87-75-84-55-13-8-9-14-58(55)115-75/h8-15,17-18,20-22,29,31,43-44,50,56-57,63,65-68,96-98H,16,19,23-28,30,32-42H2,1-7H3,(H,82,101)(H,83,99)(H,86,93)(H,103,104)(H,105,106)(H,84,87,100)(H,108,109,110)/t44-,50-,56-,57-,63-,65-,66+,67-,68-,77?,78?,79?,80?/m0/s1. The normalized spacial score (nSPS) is 26.0. The minimum atomic E-state index is -4.42. The fourth-order valence-electron chi connectivity index (χ4n) is 19.0. The number of likely N-dealkylation sites (N-methyl/N-ethyl adjacent to an activating group) is 1. The molecular formula is C80H96N12O22S2. The van der Waals surface area contributed by atoms with Crippen LogP contribution in [0.25, 0.3) is 21.3 Å². The molecule has 6 fully saturated rings. The van der Waals surface area contributed by atoms with E-state index >= 15 is 0 Å². The number of carboxylic acid groups (broad SMARTS) is 2. The Balaban J connectivity index is 0.636. The van der Waals surface area contributed by atoms with Crippen molar-refractivity contribution >= 4 is 108 Å². The van der Waals surface area contributed by atoms with Gasteiger partial charge in [-0.15, -0.1) is 0 Å². The van der Waals surface area contributed by atoms with Crippen LogP contribution >= 0.6 is 11.3 Å². The molecule has 2 unspecified atom stereocenters. The number of aliphatic hydroxyl groups excluding tert-OH is 3. The van der Waals surface area contributed by atoms with Crippen LogP contribution in [0.2, 0.25) is 0 Å². The maximum Gasteiger partial charge on any atom is 0.409 e. The lowest BCUT2D eigenvalue weighted by molar-refractivity contribution is -0.248. The van der Waals surface area contributed by atoms with Crippen molar-refractivity contribution in [3.05, 3.63) is 130 Å². The van der Waals surface area contributed by atoms with Gasteiger partial charge in [0, 0.05) is 79.9 Å². The number of amides is 8. The van der Waals surface area contributed by atoms with E-state index in [1.165, 1.54) is 35.3 Å². The summed E-state index contributed by atoms with van der Waals surface area (Å²) < 4.78 is 58.7. The van der Waals surface area contributed by atoms with Gasteiger partial charge in [0.2, 0.25) is 23.6 Å². The van der Waals surface area contributed by atoms with Crippen LogP contribution in [0.5, 0.6) is 0 Å². The number of carbonyl (C=O) groups excluding carboxylic acids is 8. The van der Waals surface area contributed by atoms with Crippen LogP contribution in [-0.4, -0.2) is 245 Å². The molecule has 4 saturated carbocycles. The van der Waals surface area contributed by atoms with E-state index in [0.717, 1.165) is 87.5 Å². The molecule has 4 aliphatic heterocycles. The van der Waals surface area contributed by atoms with Gasteiger partial charge >= 0.3 is 18.0 Å². The molecule has 116 heavy (non-hydrogen) atoms. The molecule has 4 aliphatic carbocycles. The molecule has 7 heterocycles. The first-order chi connectivity index (χ1) is 54.9. The number of imide groups is 1. The van der Waals surface area contributed by atoms with E-state index in [1.54, 1.807) is 45.3 Å². The van der Waals surface area contributed by atoms with E-state index in [4.69, 9.17) is 29.0 Å². The van der Waals surface area contributed by atoms with Crippen molar-refractivity contribution < 1.29 is 105 Å². The summed E-state index contributed by atoms with van der Waals surface area (Å²) >= 11 is 1.39. The second-order valence-corrected chi connectivity index (χ2v) is 35.6. The van der Waals surface area contributed by atoms with Gasteiger partial charge in [-0.05, 0) is 159 Å². The number of carbonyl (C=O) groups is 10. The van der Waals surface area contributed by atoms with E-state index in [1.807, 2.05) is 59.0 Å². The lowest BCUT2D eigenvalue weighted by atomic mass is 9.39. The zero-order chi connectivity index (χ0) is 83.3. The van der Waals surface area contributed by atoms with Crippen molar-refractivity contribution in [2.24, 2.45) is 22.2 Å². The Labute approximate surface area is 672 Å². The number of aliphatic carboxylic acids is 1. The Hall–Kier alpha value is -10.2. The van der Waals surface area contributed by atoms with Gasteiger partial charge in [-0.3, -0.25) is 53.0 Å².